The van der Waals surface area contributed by atoms with E-state index in [0.717, 1.165) is 43.6 Å². The zero-order chi connectivity index (χ0) is 13.5. The molecule has 0 unspecified atom stereocenters. The first kappa shape index (κ1) is 12.6. The van der Waals surface area contributed by atoms with Gasteiger partial charge in [-0.15, -0.1) is 0 Å². The number of carbonyl (C=O) groups excluding carboxylic acids is 1. The summed E-state index contributed by atoms with van der Waals surface area (Å²) in [4.78, 5) is 13.6. The molecule has 3 N–H and O–H groups in total. The molecule has 3 rings (SSSR count). The summed E-state index contributed by atoms with van der Waals surface area (Å²) in [6.07, 6.45) is 3.84. The van der Waals surface area contributed by atoms with Gasteiger partial charge in [-0.1, -0.05) is 12.1 Å². The van der Waals surface area contributed by atoms with E-state index in [2.05, 4.69) is 29.4 Å². The normalized spacial score (nSPS) is 19.4. The summed E-state index contributed by atoms with van der Waals surface area (Å²) < 4.78 is 0. The first-order valence-corrected chi connectivity index (χ1v) is 6.93. The third-order valence-corrected chi connectivity index (χ3v) is 4.05. The lowest BCUT2D eigenvalue weighted by Gasteiger charge is -2.20. The molecule has 1 heterocycles. The number of anilines is 1. The van der Waals surface area contributed by atoms with Gasteiger partial charge in [-0.3, -0.25) is 4.79 Å². The van der Waals surface area contributed by atoms with E-state index in [1.165, 1.54) is 5.56 Å². The highest BCUT2D eigenvalue weighted by atomic mass is 16.1. The van der Waals surface area contributed by atoms with Crippen molar-refractivity contribution in [3.05, 3.63) is 29.3 Å². The Hall–Kier alpha value is -1.39. The molecular formula is C15H21N3O. The van der Waals surface area contributed by atoms with Crippen LogP contribution in [0.25, 0.3) is 0 Å². The molecule has 0 bridgehead atoms. The van der Waals surface area contributed by atoms with Gasteiger partial charge >= 0.3 is 0 Å². The molecular weight excluding hydrogens is 238 g/mol. The maximum atomic E-state index is 11.3. The van der Waals surface area contributed by atoms with Gasteiger partial charge in [0.1, 0.15) is 0 Å². The summed E-state index contributed by atoms with van der Waals surface area (Å²) >= 11 is 0. The summed E-state index contributed by atoms with van der Waals surface area (Å²) in [6.45, 7) is 2.00. The molecule has 19 heavy (non-hydrogen) atoms. The van der Waals surface area contributed by atoms with E-state index in [1.54, 1.807) is 0 Å². The highest BCUT2D eigenvalue weighted by molar-refractivity contribution is 5.99. The van der Waals surface area contributed by atoms with Crippen LogP contribution in [-0.2, 0) is 17.6 Å². The Bertz CT molecular complexity index is 508. The zero-order valence-electron chi connectivity index (χ0n) is 11.4. The number of nitrogens with one attached hydrogen (secondary N) is 1. The lowest BCUT2D eigenvalue weighted by Crippen LogP contribution is -2.38. The van der Waals surface area contributed by atoms with Gasteiger partial charge in [0, 0.05) is 24.3 Å². The van der Waals surface area contributed by atoms with Gasteiger partial charge in [0.2, 0.25) is 5.91 Å². The molecule has 1 aromatic rings. The monoisotopic (exact) mass is 259 g/mol. The average Bonchev–Trinajstić information content (AvgIpc) is 2.95. The maximum absolute atomic E-state index is 11.3. The van der Waals surface area contributed by atoms with E-state index in [9.17, 15) is 4.79 Å². The Kier molecular flexibility index (Phi) is 3.07. The molecule has 1 aliphatic carbocycles. The first-order valence-electron chi connectivity index (χ1n) is 6.93. The van der Waals surface area contributed by atoms with Crippen LogP contribution in [0.15, 0.2) is 18.2 Å². The number of benzene rings is 1. The summed E-state index contributed by atoms with van der Waals surface area (Å²) in [7, 11) is 2.13. The molecule has 0 radical (unpaired) electrons. The van der Waals surface area contributed by atoms with Gasteiger partial charge < -0.3 is 16.0 Å². The number of likely N-dealkylation sites (N-methyl/N-ethyl adjacent to an activating group) is 1. The molecule has 4 heteroatoms. The molecule has 1 fully saturated rings. The summed E-state index contributed by atoms with van der Waals surface area (Å²) in [5, 5.41) is 2.86. The number of hydrogen-bond acceptors (Lipinski definition) is 3. The first-order chi connectivity index (χ1) is 9.04. The van der Waals surface area contributed by atoms with E-state index < -0.39 is 0 Å². The van der Waals surface area contributed by atoms with E-state index in [1.807, 2.05) is 6.07 Å². The lowest BCUT2D eigenvalue weighted by molar-refractivity contribution is -0.115. The highest BCUT2D eigenvalue weighted by Crippen LogP contribution is 2.32. The maximum Gasteiger partial charge on any atom is 0.228 e. The van der Waals surface area contributed by atoms with Crippen LogP contribution in [0.5, 0.6) is 0 Å². The van der Waals surface area contributed by atoms with Gasteiger partial charge in [-0.2, -0.15) is 0 Å². The second-order valence-corrected chi connectivity index (χ2v) is 6.07. The number of nitrogens with two attached hydrogens (primary N) is 1. The van der Waals surface area contributed by atoms with Crippen molar-refractivity contribution >= 4 is 11.6 Å². The van der Waals surface area contributed by atoms with Gasteiger partial charge in [0.25, 0.3) is 0 Å². The summed E-state index contributed by atoms with van der Waals surface area (Å²) in [5.74, 6) is 0.100. The van der Waals surface area contributed by atoms with Gasteiger partial charge in [0.05, 0.1) is 6.42 Å². The van der Waals surface area contributed by atoms with E-state index in [4.69, 9.17) is 5.73 Å². The van der Waals surface area contributed by atoms with Crippen molar-refractivity contribution in [1.82, 2.24) is 4.90 Å². The van der Waals surface area contributed by atoms with Gasteiger partial charge in [-0.25, -0.2) is 0 Å². The Balaban J connectivity index is 1.55. The fourth-order valence-corrected chi connectivity index (χ4v) is 2.69. The largest absolute Gasteiger partial charge is 0.326 e. The third-order valence-electron chi connectivity index (χ3n) is 4.05. The molecule has 1 saturated carbocycles. The molecule has 1 aromatic carbocycles. The third kappa shape index (κ3) is 2.96. The van der Waals surface area contributed by atoms with Crippen LogP contribution in [0.2, 0.25) is 0 Å². The minimum absolute atomic E-state index is 0.0863. The number of fused-ring (bicyclic) bond motifs is 1. The smallest absolute Gasteiger partial charge is 0.228 e. The van der Waals surface area contributed by atoms with Crippen molar-refractivity contribution in [3.8, 4) is 0 Å². The number of amides is 1. The molecule has 1 aliphatic heterocycles. The van der Waals surface area contributed by atoms with Crippen LogP contribution in [0.1, 0.15) is 24.0 Å². The molecule has 2 aliphatic rings. The SMILES string of the molecule is CN(CCc1ccc2c(c1)CC(=O)N2)CC1(N)CC1. The number of rotatable bonds is 5. The van der Waals surface area contributed by atoms with Crippen LogP contribution < -0.4 is 11.1 Å². The predicted octanol–water partition coefficient (Wildman–Crippen LogP) is 1.15. The Labute approximate surface area is 114 Å². The van der Waals surface area contributed by atoms with Crippen LogP contribution in [0.3, 0.4) is 0 Å². The summed E-state index contributed by atoms with van der Waals surface area (Å²) in [6, 6.07) is 6.27. The number of hydrogen-bond donors (Lipinski definition) is 2. The molecule has 4 nitrogen and oxygen atoms in total. The lowest BCUT2D eigenvalue weighted by atomic mass is 10.1. The fourth-order valence-electron chi connectivity index (χ4n) is 2.69. The highest BCUT2D eigenvalue weighted by Gasteiger charge is 2.38. The van der Waals surface area contributed by atoms with Gasteiger partial charge in [-0.05, 0) is 43.5 Å². The minimum atomic E-state index is 0.0863. The zero-order valence-corrected chi connectivity index (χ0v) is 11.4. The fraction of sp³-hybridized carbons (Fsp3) is 0.533. The van der Waals surface area contributed by atoms with Crippen LogP contribution in [-0.4, -0.2) is 36.5 Å². The molecule has 0 aromatic heterocycles. The van der Waals surface area contributed by atoms with Crippen molar-refractivity contribution in [3.63, 3.8) is 0 Å². The standard InChI is InChI=1S/C15H21N3O/c1-18(10-15(16)5-6-15)7-4-11-2-3-13-12(8-11)9-14(19)17-13/h2-3,8H,4-7,9-10,16H2,1H3,(H,17,19). The Morgan fingerprint density at radius 3 is 2.95 bits per heavy atom. The number of carbonyl (C=O) groups is 1. The molecule has 0 spiro atoms. The Morgan fingerprint density at radius 1 is 1.42 bits per heavy atom. The van der Waals surface area contributed by atoms with E-state index >= 15 is 0 Å². The van der Waals surface area contributed by atoms with Crippen LogP contribution in [0.4, 0.5) is 5.69 Å². The molecule has 1 amide bonds. The van der Waals surface area contributed by atoms with Crippen molar-refractivity contribution in [1.29, 1.82) is 0 Å². The van der Waals surface area contributed by atoms with Crippen molar-refractivity contribution < 1.29 is 4.79 Å². The minimum Gasteiger partial charge on any atom is -0.326 e. The topological polar surface area (TPSA) is 58.4 Å². The van der Waals surface area contributed by atoms with E-state index in [-0.39, 0.29) is 11.4 Å². The Morgan fingerprint density at radius 2 is 2.21 bits per heavy atom. The second-order valence-electron chi connectivity index (χ2n) is 6.07. The molecule has 0 atom stereocenters. The van der Waals surface area contributed by atoms with Gasteiger partial charge in [0.15, 0.2) is 0 Å². The van der Waals surface area contributed by atoms with Crippen molar-refractivity contribution in [2.75, 3.05) is 25.5 Å². The van der Waals surface area contributed by atoms with Crippen molar-refractivity contribution in [2.24, 2.45) is 5.73 Å². The quantitative estimate of drug-likeness (QED) is 0.834. The van der Waals surface area contributed by atoms with Crippen LogP contribution >= 0.6 is 0 Å². The predicted molar refractivity (Wildman–Crippen MR) is 76.1 cm³/mol. The second kappa shape index (κ2) is 4.62. The molecule has 102 valence electrons. The van der Waals surface area contributed by atoms with E-state index in [0.29, 0.717) is 6.42 Å². The molecule has 0 saturated heterocycles. The average molecular weight is 259 g/mol. The van der Waals surface area contributed by atoms with Crippen molar-refractivity contribution in [2.45, 2.75) is 31.2 Å². The number of nitrogens with zero attached hydrogens (tertiary/aromatic N) is 1. The van der Waals surface area contributed by atoms with Crippen LogP contribution in [0, 0.1) is 0 Å². The summed E-state index contributed by atoms with van der Waals surface area (Å²) in [5.41, 5.74) is 9.60.